The largest absolute Gasteiger partial charge is 0.396 e. The molecule has 2 aliphatic carbocycles. The molecule has 0 heterocycles. The Morgan fingerprint density at radius 1 is 1.53 bits per heavy atom. The summed E-state index contributed by atoms with van der Waals surface area (Å²) in [7, 11) is 0. The monoisotopic (exact) mass is 228 g/mol. The van der Waals surface area contributed by atoms with Gasteiger partial charge in [0.25, 0.3) is 0 Å². The second-order valence-electron chi connectivity index (χ2n) is 5.39. The van der Waals surface area contributed by atoms with E-state index in [1.54, 1.807) is 11.8 Å². The maximum Gasteiger partial charge on any atom is 0.139 e. The second-order valence-corrected chi connectivity index (χ2v) is 6.49. The van der Waals surface area contributed by atoms with Crippen molar-refractivity contribution in [3.63, 3.8) is 0 Å². The topological polar surface area (TPSA) is 37.3 Å². The average Bonchev–Trinajstić information content (AvgIpc) is 2.53. The van der Waals surface area contributed by atoms with Gasteiger partial charge in [-0.05, 0) is 29.9 Å². The molecular weight excluding hydrogens is 208 g/mol. The number of Topliss-reactive ketones (excluding diaryl/α,β-unsaturated/α-hetero) is 1. The zero-order chi connectivity index (χ0) is 11.1. The Labute approximate surface area is 95.8 Å². The number of fused-ring (bicyclic) bond motifs is 2. The van der Waals surface area contributed by atoms with Gasteiger partial charge in [0.05, 0.1) is 6.61 Å². The Morgan fingerprint density at radius 2 is 2.27 bits per heavy atom. The van der Waals surface area contributed by atoms with Crippen molar-refractivity contribution in [1.82, 2.24) is 0 Å². The van der Waals surface area contributed by atoms with Gasteiger partial charge < -0.3 is 5.11 Å². The van der Waals surface area contributed by atoms with Crippen molar-refractivity contribution >= 4 is 17.5 Å². The summed E-state index contributed by atoms with van der Waals surface area (Å²) in [6, 6.07) is 0. The molecular formula is C12H20O2S. The van der Waals surface area contributed by atoms with Gasteiger partial charge in [0, 0.05) is 17.6 Å². The second kappa shape index (κ2) is 3.77. The number of aliphatic hydroxyl groups excluding tert-OH is 1. The van der Waals surface area contributed by atoms with Gasteiger partial charge in [-0.1, -0.05) is 13.8 Å². The van der Waals surface area contributed by atoms with E-state index in [4.69, 9.17) is 5.11 Å². The highest BCUT2D eigenvalue weighted by Gasteiger charge is 2.63. The van der Waals surface area contributed by atoms with Crippen LogP contribution in [0.3, 0.4) is 0 Å². The summed E-state index contributed by atoms with van der Waals surface area (Å²) in [5.41, 5.74) is 0.115. The first-order chi connectivity index (χ1) is 7.04. The molecule has 2 nitrogen and oxygen atoms in total. The summed E-state index contributed by atoms with van der Waals surface area (Å²) in [4.78, 5) is 11.9. The van der Waals surface area contributed by atoms with Crippen LogP contribution < -0.4 is 0 Å². The quantitative estimate of drug-likeness (QED) is 0.749. The van der Waals surface area contributed by atoms with Crippen molar-refractivity contribution in [3.8, 4) is 0 Å². The lowest BCUT2D eigenvalue weighted by atomic mass is 9.70. The molecule has 2 aliphatic rings. The fourth-order valence-electron chi connectivity index (χ4n) is 3.38. The normalized spacial score (nSPS) is 43.9. The van der Waals surface area contributed by atoms with E-state index >= 15 is 0 Å². The standard InChI is InChI=1S/C12H20O2S/c1-11-4-3-9(7-10(11)14)12(11,2)8-15-6-5-13/h9,13H,3-8H2,1-2H3/t9-,11+,12+/m1/s1. The number of ketones is 1. The zero-order valence-electron chi connectivity index (χ0n) is 9.58. The Bertz CT molecular complexity index is 279. The van der Waals surface area contributed by atoms with Crippen molar-refractivity contribution in [2.24, 2.45) is 16.7 Å². The van der Waals surface area contributed by atoms with Gasteiger partial charge in [-0.25, -0.2) is 0 Å². The van der Waals surface area contributed by atoms with Crippen molar-refractivity contribution in [1.29, 1.82) is 0 Å². The number of rotatable bonds is 4. The van der Waals surface area contributed by atoms with E-state index in [2.05, 4.69) is 13.8 Å². The number of thioether (sulfide) groups is 1. The first kappa shape index (κ1) is 11.5. The third kappa shape index (κ3) is 1.47. The molecule has 15 heavy (non-hydrogen) atoms. The molecule has 0 unspecified atom stereocenters. The fraction of sp³-hybridized carbons (Fsp3) is 0.917. The molecule has 2 saturated carbocycles. The maximum absolute atomic E-state index is 11.9. The van der Waals surface area contributed by atoms with Crippen molar-refractivity contribution < 1.29 is 9.90 Å². The van der Waals surface area contributed by atoms with Gasteiger partial charge in [-0.15, -0.1) is 0 Å². The third-order valence-electron chi connectivity index (χ3n) is 4.84. The molecule has 0 aromatic rings. The molecule has 0 amide bonds. The summed E-state index contributed by atoms with van der Waals surface area (Å²) in [6.45, 7) is 4.68. The summed E-state index contributed by atoms with van der Waals surface area (Å²) in [5.74, 6) is 2.90. The van der Waals surface area contributed by atoms with Gasteiger partial charge in [0.2, 0.25) is 0 Å². The van der Waals surface area contributed by atoms with E-state index in [9.17, 15) is 4.79 Å². The van der Waals surface area contributed by atoms with E-state index in [1.807, 2.05) is 0 Å². The van der Waals surface area contributed by atoms with Gasteiger partial charge in [0.15, 0.2) is 0 Å². The molecule has 0 saturated heterocycles. The van der Waals surface area contributed by atoms with E-state index in [1.165, 1.54) is 6.42 Å². The van der Waals surface area contributed by atoms with Crippen molar-refractivity contribution in [2.45, 2.75) is 33.1 Å². The Balaban J connectivity index is 2.11. The van der Waals surface area contributed by atoms with E-state index in [0.29, 0.717) is 11.7 Å². The lowest BCUT2D eigenvalue weighted by molar-refractivity contribution is -0.128. The van der Waals surface area contributed by atoms with Crippen molar-refractivity contribution in [3.05, 3.63) is 0 Å². The number of aliphatic hydroxyl groups is 1. The number of hydrogen-bond donors (Lipinski definition) is 1. The lowest BCUT2D eigenvalue weighted by Crippen LogP contribution is -2.37. The summed E-state index contributed by atoms with van der Waals surface area (Å²) < 4.78 is 0. The SMILES string of the molecule is C[C@]12CC[C@H](CC1=O)[C@]2(C)CSCCO. The molecule has 0 aromatic heterocycles. The Morgan fingerprint density at radius 3 is 2.73 bits per heavy atom. The van der Waals surface area contributed by atoms with Crippen LogP contribution in [0.1, 0.15) is 33.1 Å². The van der Waals surface area contributed by atoms with Crippen LogP contribution in [-0.2, 0) is 4.79 Å². The summed E-state index contributed by atoms with van der Waals surface area (Å²) in [5, 5.41) is 8.80. The van der Waals surface area contributed by atoms with E-state index in [0.717, 1.165) is 24.3 Å². The molecule has 2 fully saturated rings. The predicted octanol–water partition coefficient (Wildman–Crippen LogP) is 2.11. The molecule has 2 rings (SSSR count). The van der Waals surface area contributed by atoms with Crippen molar-refractivity contribution in [2.75, 3.05) is 18.1 Å². The number of carbonyl (C=O) groups excluding carboxylic acids is 1. The first-order valence-electron chi connectivity index (χ1n) is 5.76. The molecule has 2 bridgehead atoms. The minimum atomic E-state index is -0.0693. The van der Waals surface area contributed by atoms with Crippen LogP contribution in [0.5, 0.6) is 0 Å². The first-order valence-corrected chi connectivity index (χ1v) is 6.92. The van der Waals surface area contributed by atoms with Gasteiger partial charge in [-0.2, -0.15) is 11.8 Å². The molecule has 1 N–H and O–H groups in total. The molecule has 3 heteroatoms. The molecule has 3 atom stereocenters. The fourth-order valence-corrected chi connectivity index (χ4v) is 4.63. The third-order valence-corrected chi connectivity index (χ3v) is 6.11. The smallest absolute Gasteiger partial charge is 0.139 e. The highest BCUT2D eigenvalue weighted by Crippen LogP contribution is 2.64. The highest BCUT2D eigenvalue weighted by atomic mass is 32.2. The number of hydrogen-bond acceptors (Lipinski definition) is 3. The molecule has 0 spiro atoms. The highest BCUT2D eigenvalue weighted by molar-refractivity contribution is 7.99. The van der Waals surface area contributed by atoms with Gasteiger partial charge >= 0.3 is 0 Å². The number of carbonyl (C=O) groups is 1. The van der Waals surface area contributed by atoms with E-state index < -0.39 is 0 Å². The van der Waals surface area contributed by atoms with E-state index in [-0.39, 0.29) is 17.4 Å². The molecule has 86 valence electrons. The van der Waals surface area contributed by atoms with Crippen LogP contribution in [0.4, 0.5) is 0 Å². The Kier molecular flexibility index (Phi) is 2.89. The minimum absolute atomic E-state index is 0.0693. The molecule has 0 aliphatic heterocycles. The lowest BCUT2D eigenvalue weighted by Gasteiger charge is -2.36. The van der Waals surface area contributed by atoms with Crippen LogP contribution >= 0.6 is 11.8 Å². The summed E-state index contributed by atoms with van der Waals surface area (Å²) >= 11 is 1.80. The molecule has 0 aromatic carbocycles. The summed E-state index contributed by atoms with van der Waals surface area (Å²) in [6.07, 6.45) is 3.10. The molecule has 0 radical (unpaired) electrons. The predicted molar refractivity (Wildman–Crippen MR) is 63.0 cm³/mol. The van der Waals surface area contributed by atoms with Gasteiger partial charge in [-0.3, -0.25) is 4.79 Å². The average molecular weight is 228 g/mol. The van der Waals surface area contributed by atoms with Crippen LogP contribution in [-0.4, -0.2) is 29.0 Å². The zero-order valence-corrected chi connectivity index (χ0v) is 10.4. The van der Waals surface area contributed by atoms with Gasteiger partial charge in [0.1, 0.15) is 5.78 Å². The van der Waals surface area contributed by atoms with Crippen LogP contribution in [0.2, 0.25) is 0 Å². The Hall–Kier alpha value is -0.0200. The minimum Gasteiger partial charge on any atom is -0.396 e. The van der Waals surface area contributed by atoms with Crippen LogP contribution in [0.25, 0.3) is 0 Å². The maximum atomic E-state index is 11.9. The van der Waals surface area contributed by atoms with Crippen LogP contribution in [0.15, 0.2) is 0 Å². The van der Waals surface area contributed by atoms with Crippen LogP contribution in [0, 0.1) is 16.7 Å².